The van der Waals surface area contributed by atoms with E-state index in [1.807, 2.05) is 30.3 Å². The lowest BCUT2D eigenvalue weighted by molar-refractivity contribution is 0.0702. The normalized spacial score (nSPS) is 18.0. The van der Waals surface area contributed by atoms with Crippen molar-refractivity contribution >= 4 is 5.91 Å². The summed E-state index contributed by atoms with van der Waals surface area (Å²) in [5.41, 5.74) is 6.33. The number of carbonyl (C=O) groups excluding carboxylic acids is 1. The molecule has 1 aromatic heterocycles. The van der Waals surface area contributed by atoms with Crippen LogP contribution in [0.2, 0.25) is 0 Å². The van der Waals surface area contributed by atoms with Crippen LogP contribution in [-0.2, 0) is 0 Å². The first kappa shape index (κ1) is 14.5. The van der Waals surface area contributed by atoms with Crippen molar-refractivity contribution in [3.63, 3.8) is 0 Å². The summed E-state index contributed by atoms with van der Waals surface area (Å²) in [5.74, 6) is 1.24. The van der Waals surface area contributed by atoms with Crippen LogP contribution < -0.4 is 10.5 Å². The number of nitrogens with two attached hydrogens (primary N) is 1. The SMILES string of the molecule is N[C@H]1CCCN(C(=O)c2cc(Oc3ccccc3)ccn2)C1. The third kappa shape index (κ3) is 3.43. The minimum Gasteiger partial charge on any atom is -0.457 e. The van der Waals surface area contributed by atoms with E-state index in [1.165, 1.54) is 0 Å². The molecule has 1 aliphatic heterocycles. The van der Waals surface area contributed by atoms with Crippen LogP contribution in [-0.4, -0.2) is 34.9 Å². The van der Waals surface area contributed by atoms with Crippen molar-refractivity contribution in [3.05, 3.63) is 54.4 Å². The molecule has 0 unspecified atom stereocenters. The predicted octanol–water partition coefficient (Wildman–Crippen LogP) is 2.44. The molecule has 2 heterocycles. The highest BCUT2D eigenvalue weighted by Crippen LogP contribution is 2.21. The van der Waals surface area contributed by atoms with Gasteiger partial charge < -0.3 is 15.4 Å². The molecule has 1 amide bonds. The lowest BCUT2D eigenvalue weighted by Crippen LogP contribution is -2.45. The molecule has 22 heavy (non-hydrogen) atoms. The molecule has 0 bridgehead atoms. The quantitative estimate of drug-likeness (QED) is 0.944. The molecule has 114 valence electrons. The van der Waals surface area contributed by atoms with E-state index in [1.54, 1.807) is 23.2 Å². The molecule has 1 fully saturated rings. The predicted molar refractivity (Wildman–Crippen MR) is 83.9 cm³/mol. The zero-order valence-corrected chi connectivity index (χ0v) is 12.3. The fourth-order valence-corrected chi connectivity index (χ4v) is 2.57. The summed E-state index contributed by atoms with van der Waals surface area (Å²) in [7, 11) is 0. The maximum atomic E-state index is 12.5. The number of hydrogen-bond acceptors (Lipinski definition) is 4. The molecule has 0 saturated carbocycles. The molecule has 1 saturated heterocycles. The minimum atomic E-state index is -0.0892. The summed E-state index contributed by atoms with van der Waals surface area (Å²) >= 11 is 0. The van der Waals surface area contributed by atoms with Gasteiger partial charge in [0.25, 0.3) is 5.91 Å². The van der Waals surface area contributed by atoms with Crippen molar-refractivity contribution in [2.75, 3.05) is 13.1 Å². The van der Waals surface area contributed by atoms with Gasteiger partial charge in [0.2, 0.25) is 0 Å². The Labute approximate surface area is 129 Å². The molecule has 1 atom stereocenters. The maximum absolute atomic E-state index is 12.5. The van der Waals surface area contributed by atoms with E-state index in [0.717, 1.165) is 25.1 Å². The first-order chi connectivity index (χ1) is 10.7. The van der Waals surface area contributed by atoms with Gasteiger partial charge in [-0.2, -0.15) is 0 Å². The molecule has 2 N–H and O–H groups in total. The van der Waals surface area contributed by atoms with Gasteiger partial charge in [-0.15, -0.1) is 0 Å². The number of amides is 1. The third-order valence-corrected chi connectivity index (χ3v) is 3.67. The summed E-state index contributed by atoms with van der Waals surface area (Å²) in [6.07, 6.45) is 3.50. The van der Waals surface area contributed by atoms with Crippen LogP contribution in [0.15, 0.2) is 48.7 Å². The first-order valence-electron chi connectivity index (χ1n) is 7.46. The molecule has 0 spiro atoms. The summed E-state index contributed by atoms with van der Waals surface area (Å²) < 4.78 is 5.74. The van der Waals surface area contributed by atoms with Crippen molar-refractivity contribution in [2.45, 2.75) is 18.9 Å². The number of carbonyl (C=O) groups is 1. The monoisotopic (exact) mass is 297 g/mol. The molecule has 2 aromatic rings. The second-order valence-corrected chi connectivity index (χ2v) is 5.45. The van der Waals surface area contributed by atoms with Crippen molar-refractivity contribution in [2.24, 2.45) is 5.73 Å². The lowest BCUT2D eigenvalue weighted by Gasteiger charge is -2.30. The molecular weight excluding hydrogens is 278 g/mol. The largest absolute Gasteiger partial charge is 0.457 e. The smallest absolute Gasteiger partial charge is 0.272 e. The number of ether oxygens (including phenoxy) is 1. The molecule has 0 aliphatic carbocycles. The summed E-state index contributed by atoms with van der Waals surface area (Å²) in [6, 6.07) is 12.9. The number of nitrogens with zero attached hydrogens (tertiary/aromatic N) is 2. The van der Waals surface area contributed by atoms with E-state index >= 15 is 0 Å². The fourth-order valence-electron chi connectivity index (χ4n) is 2.57. The van der Waals surface area contributed by atoms with Gasteiger partial charge in [0.15, 0.2) is 0 Å². The number of benzene rings is 1. The van der Waals surface area contributed by atoms with Gasteiger partial charge in [0.1, 0.15) is 17.2 Å². The van der Waals surface area contributed by atoms with Crippen LogP contribution in [0.5, 0.6) is 11.5 Å². The van der Waals surface area contributed by atoms with E-state index in [4.69, 9.17) is 10.5 Å². The van der Waals surface area contributed by atoms with Crippen LogP contribution >= 0.6 is 0 Å². The van der Waals surface area contributed by atoms with Gasteiger partial charge in [-0.25, -0.2) is 0 Å². The molecule has 5 heteroatoms. The molecule has 3 rings (SSSR count). The van der Waals surface area contributed by atoms with Gasteiger partial charge in [-0.3, -0.25) is 9.78 Å². The summed E-state index contributed by atoms with van der Waals surface area (Å²) in [4.78, 5) is 18.4. The zero-order valence-electron chi connectivity index (χ0n) is 12.3. The van der Waals surface area contributed by atoms with Crippen LogP contribution in [0.1, 0.15) is 23.3 Å². The minimum absolute atomic E-state index is 0.0569. The van der Waals surface area contributed by atoms with Crippen molar-refractivity contribution in [3.8, 4) is 11.5 Å². The van der Waals surface area contributed by atoms with Crippen molar-refractivity contribution in [1.29, 1.82) is 0 Å². The van der Waals surface area contributed by atoms with E-state index in [0.29, 0.717) is 18.0 Å². The van der Waals surface area contributed by atoms with Crippen LogP contribution in [0, 0.1) is 0 Å². The number of piperidine rings is 1. The zero-order chi connectivity index (χ0) is 15.4. The number of aromatic nitrogens is 1. The Bertz CT molecular complexity index is 645. The van der Waals surface area contributed by atoms with E-state index < -0.39 is 0 Å². The van der Waals surface area contributed by atoms with E-state index in [9.17, 15) is 4.79 Å². The first-order valence-corrected chi connectivity index (χ1v) is 7.46. The molecule has 1 aliphatic rings. The van der Waals surface area contributed by atoms with E-state index in [-0.39, 0.29) is 11.9 Å². The van der Waals surface area contributed by atoms with Gasteiger partial charge in [-0.1, -0.05) is 18.2 Å². The number of pyridine rings is 1. The lowest BCUT2D eigenvalue weighted by atomic mass is 10.1. The Balaban J connectivity index is 1.74. The molecule has 0 radical (unpaired) electrons. The van der Waals surface area contributed by atoms with Crippen molar-refractivity contribution in [1.82, 2.24) is 9.88 Å². The van der Waals surface area contributed by atoms with Gasteiger partial charge in [0.05, 0.1) is 0 Å². The topological polar surface area (TPSA) is 68.5 Å². The number of likely N-dealkylation sites (tertiary alicyclic amines) is 1. The fraction of sp³-hybridized carbons (Fsp3) is 0.294. The highest BCUT2D eigenvalue weighted by atomic mass is 16.5. The average molecular weight is 297 g/mol. The Morgan fingerprint density at radius 3 is 2.82 bits per heavy atom. The number of rotatable bonds is 3. The van der Waals surface area contributed by atoms with Gasteiger partial charge in [0, 0.05) is 31.4 Å². The number of para-hydroxylation sites is 1. The van der Waals surface area contributed by atoms with Crippen LogP contribution in [0.25, 0.3) is 0 Å². The highest BCUT2D eigenvalue weighted by molar-refractivity contribution is 5.92. The third-order valence-electron chi connectivity index (χ3n) is 3.67. The van der Waals surface area contributed by atoms with Gasteiger partial charge >= 0.3 is 0 Å². The molecule has 5 nitrogen and oxygen atoms in total. The molecule has 1 aromatic carbocycles. The van der Waals surface area contributed by atoms with Gasteiger partial charge in [-0.05, 0) is 31.0 Å². The van der Waals surface area contributed by atoms with Crippen molar-refractivity contribution < 1.29 is 9.53 Å². The summed E-state index contributed by atoms with van der Waals surface area (Å²) in [6.45, 7) is 1.32. The highest BCUT2D eigenvalue weighted by Gasteiger charge is 2.23. The maximum Gasteiger partial charge on any atom is 0.272 e. The average Bonchev–Trinajstić information content (AvgIpc) is 2.55. The summed E-state index contributed by atoms with van der Waals surface area (Å²) in [5, 5.41) is 0. The Hall–Kier alpha value is -2.40. The van der Waals surface area contributed by atoms with Crippen LogP contribution in [0.3, 0.4) is 0 Å². The Morgan fingerprint density at radius 1 is 1.23 bits per heavy atom. The Kier molecular flexibility index (Phi) is 4.34. The van der Waals surface area contributed by atoms with E-state index in [2.05, 4.69) is 4.98 Å². The Morgan fingerprint density at radius 2 is 2.05 bits per heavy atom. The number of hydrogen-bond donors (Lipinski definition) is 1. The standard InChI is InChI=1S/C17H19N3O2/c18-13-5-4-10-20(12-13)17(21)16-11-15(8-9-19-16)22-14-6-2-1-3-7-14/h1-3,6-9,11,13H,4-5,10,12,18H2/t13-/m0/s1. The second-order valence-electron chi connectivity index (χ2n) is 5.45. The van der Waals surface area contributed by atoms with Crippen LogP contribution in [0.4, 0.5) is 0 Å². The second kappa shape index (κ2) is 6.58. The molecular formula is C17H19N3O2.